The summed E-state index contributed by atoms with van der Waals surface area (Å²) in [6.07, 6.45) is 1.46. The molecule has 0 aliphatic carbocycles. The van der Waals surface area contributed by atoms with Crippen LogP contribution in [0.4, 0.5) is 0 Å². The van der Waals surface area contributed by atoms with E-state index in [0.29, 0.717) is 11.6 Å². The first kappa shape index (κ1) is 20.0. The number of carbonyl (C=O) groups excluding carboxylic acids is 3. The fourth-order valence-corrected chi connectivity index (χ4v) is 3.11. The second-order valence-corrected chi connectivity index (χ2v) is 7.99. The van der Waals surface area contributed by atoms with Gasteiger partial charge in [0.2, 0.25) is 11.8 Å². The number of hydrogen-bond acceptors (Lipinski definition) is 5. The number of ether oxygens (including phenoxy) is 1. The number of rotatable bonds is 6. The van der Waals surface area contributed by atoms with Crippen molar-refractivity contribution in [2.75, 3.05) is 19.4 Å². The smallest absolute Gasteiger partial charge is 0.240 e. The van der Waals surface area contributed by atoms with Crippen LogP contribution in [0.25, 0.3) is 0 Å². The zero-order valence-electron chi connectivity index (χ0n) is 15.5. The Morgan fingerprint density at radius 3 is 2.50 bits per heavy atom. The highest BCUT2D eigenvalue weighted by molar-refractivity contribution is 8.04. The molecule has 0 bridgehead atoms. The first-order valence-corrected chi connectivity index (χ1v) is 9.28. The normalized spacial score (nSPS) is 16.1. The molecule has 1 fully saturated rings. The van der Waals surface area contributed by atoms with E-state index in [4.69, 9.17) is 4.74 Å². The zero-order chi connectivity index (χ0) is 19.3. The van der Waals surface area contributed by atoms with E-state index >= 15 is 0 Å². The number of nitrogens with zero attached hydrogens (tertiary/aromatic N) is 1. The molecule has 6 nitrogen and oxygen atoms in total. The number of hydrogen-bond donors (Lipinski definition) is 1. The van der Waals surface area contributed by atoms with Crippen LogP contribution in [-0.4, -0.2) is 41.9 Å². The summed E-state index contributed by atoms with van der Waals surface area (Å²) in [5.41, 5.74) is 0.404. The molecule has 140 valence electrons. The van der Waals surface area contributed by atoms with Crippen molar-refractivity contribution in [1.82, 2.24) is 10.2 Å². The Balaban J connectivity index is 1.96. The molecular formula is C19H24N2O4S. The number of amides is 2. The molecule has 1 heterocycles. The topological polar surface area (TPSA) is 75.7 Å². The second-order valence-electron chi connectivity index (χ2n) is 6.99. The van der Waals surface area contributed by atoms with Gasteiger partial charge in [0.15, 0.2) is 5.78 Å². The maximum Gasteiger partial charge on any atom is 0.240 e. The minimum absolute atomic E-state index is 0.0710. The minimum atomic E-state index is -0.526. The molecule has 7 heteroatoms. The molecule has 0 radical (unpaired) electrons. The van der Waals surface area contributed by atoms with Gasteiger partial charge in [0.25, 0.3) is 0 Å². The summed E-state index contributed by atoms with van der Waals surface area (Å²) in [7, 11) is 1.59. The summed E-state index contributed by atoms with van der Waals surface area (Å²) in [4.78, 5) is 37.8. The van der Waals surface area contributed by atoms with E-state index in [0.717, 1.165) is 11.3 Å². The van der Waals surface area contributed by atoms with Crippen molar-refractivity contribution in [1.29, 1.82) is 0 Å². The van der Waals surface area contributed by atoms with Crippen molar-refractivity contribution in [2.45, 2.75) is 27.3 Å². The Bertz CT molecular complexity index is 720. The van der Waals surface area contributed by atoms with E-state index in [-0.39, 0.29) is 29.9 Å². The molecule has 2 rings (SSSR count). The summed E-state index contributed by atoms with van der Waals surface area (Å²) in [5.74, 6) is 0.486. The van der Waals surface area contributed by atoms with Crippen molar-refractivity contribution >= 4 is 29.4 Å². The highest BCUT2D eigenvalue weighted by Crippen LogP contribution is 2.30. The SMILES string of the molecule is COc1ccc(CNC(=O)CN2C(=O)CS/C2=C\C(=O)C(C)(C)C)cc1. The molecule has 1 aromatic carbocycles. The van der Waals surface area contributed by atoms with Crippen LogP contribution in [0.1, 0.15) is 26.3 Å². The van der Waals surface area contributed by atoms with Gasteiger partial charge < -0.3 is 10.1 Å². The Kier molecular flexibility index (Phi) is 6.47. The first-order valence-electron chi connectivity index (χ1n) is 8.29. The van der Waals surface area contributed by atoms with E-state index < -0.39 is 5.41 Å². The van der Waals surface area contributed by atoms with Gasteiger partial charge in [-0.2, -0.15) is 0 Å². The van der Waals surface area contributed by atoms with Gasteiger partial charge in [0, 0.05) is 18.0 Å². The third kappa shape index (κ3) is 5.36. The lowest BCUT2D eigenvalue weighted by molar-refractivity contribution is -0.131. The van der Waals surface area contributed by atoms with E-state index in [1.165, 1.54) is 22.7 Å². The molecule has 26 heavy (non-hydrogen) atoms. The molecule has 1 aliphatic rings. The summed E-state index contributed by atoms with van der Waals surface area (Å²) in [6, 6.07) is 7.37. The maximum atomic E-state index is 12.2. The second kappa shape index (κ2) is 8.40. The minimum Gasteiger partial charge on any atom is -0.497 e. The number of ketones is 1. The number of carbonyl (C=O) groups is 3. The number of thioether (sulfide) groups is 1. The van der Waals surface area contributed by atoms with Crippen molar-refractivity contribution in [3.8, 4) is 5.75 Å². The average molecular weight is 376 g/mol. The summed E-state index contributed by atoms with van der Waals surface area (Å²) >= 11 is 1.29. The van der Waals surface area contributed by atoms with Crippen LogP contribution < -0.4 is 10.1 Å². The van der Waals surface area contributed by atoms with E-state index in [9.17, 15) is 14.4 Å². The lowest BCUT2D eigenvalue weighted by Gasteiger charge is -2.19. The van der Waals surface area contributed by atoms with Crippen molar-refractivity contribution in [2.24, 2.45) is 5.41 Å². The molecule has 0 saturated carbocycles. The standard InChI is InChI=1S/C19H24N2O4S/c1-19(2,3)15(22)9-18-21(17(24)12-26-18)11-16(23)20-10-13-5-7-14(25-4)8-6-13/h5-9H,10-12H2,1-4H3,(H,20,23)/b18-9-. The van der Waals surface area contributed by atoms with Crippen LogP contribution in [0.5, 0.6) is 5.75 Å². The van der Waals surface area contributed by atoms with Crippen LogP contribution >= 0.6 is 11.8 Å². The third-order valence-corrected chi connectivity index (χ3v) is 4.88. The predicted molar refractivity (Wildman–Crippen MR) is 102 cm³/mol. The van der Waals surface area contributed by atoms with Crippen LogP contribution in [0.15, 0.2) is 35.4 Å². The highest BCUT2D eigenvalue weighted by atomic mass is 32.2. The molecular weight excluding hydrogens is 352 g/mol. The van der Waals surface area contributed by atoms with Crippen LogP contribution in [0.2, 0.25) is 0 Å². The summed E-state index contributed by atoms with van der Waals surface area (Å²) in [6.45, 7) is 5.72. The Labute approximate surface area is 158 Å². The lowest BCUT2D eigenvalue weighted by Crippen LogP contribution is -2.37. The Morgan fingerprint density at radius 2 is 1.92 bits per heavy atom. The Hall–Kier alpha value is -2.28. The van der Waals surface area contributed by atoms with Gasteiger partial charge in [-0.05, 0) is 17.7 Å². The zero-order valence-corrected chi connectivity index (χ0v) is 16.3. The van der Waals surface area contributed by atoms with Gasteiger partial charge in [-0.1, -0.05) is 44.7 Å². The van der Waals surface area contributed by atoms with Gasteiger partial charge >= 0.3 is 0 Å². The quantitative estimate of drug-likeness (QED) is 0.772. The van der Waals surface area contributed by atoms with Gasteiger partial charge in [-0.3, -0.25) is 19.3 Å². The van der Waals surface area contributed by atoms with Gasteiger partial charge in [-0.25, -0.2) is 0 Å². The van der Waals surface area contributed by atoms with E-state index in [2.05, 4.69) is 5.32 Å². The molecule has 0 unspecified atom stereocenters. The molecule has 0 atom stereocenters. The highest BCUT2D eigenvalue weighted by Gasteiger charge is 2.30. The van der Waals surface area contributed by atoms with Crippen molar-refractivity contribution in [3.05, 3.63) is 40.9 Å². The Morgan fingerprint density at radius 1 is 1.27 bits per heavy atom. The fraction of sp³-hybridized carbons (Fsp3) is 0.421. The molecule has 1 aromatic rings. The lowest BCUT2D eigenvalue weighted by atomic mass is 9.91. The third-order valence-electron chi connectivity index (χ3n) is 3.85. The number of allylic oxidation sites excluding steroid dienone is 1. The molecule has 1 saturated heterocycles. The summed E-state index contributed by atoms with van der Waals surface area (Å²) < 4.78 is 5.09. The van der Waals surface area contributed by atoms with Crippen LogP contribution in [-0.2, 0) is 20.9 Å². The van der Waals surface area contributed by atoms with Gasteiger partial charge in [-0.15, -0.1) is 0 Å². The van der Waals surface area contributed by atoms with Crippen molar-refractivity contribution in [3.63, 3.8) is 0 Å². The average Bonchev–Trinajstić information content (AvgIpc) is 2.93. The molecule has 0 spiro atoms. The van der Waals surface area contributed by atoms with Gasteiger partial charge in [0.1, 0.15) is 12.3 Å². The fourth-order valence-electron chi connectivity index (χ4n) is 2.17. The summed E-state index contributed by atoms with van der Waals surface area (Å²) in [5, 5.41) is 3.33. The predicted octanol–water partition coefficient (Wildman–Crippen LogP) is 2.34. The van der Waals surface area contributed by atoms with Crippen LogP contribution in [0.3, 0.4) is 0 Å². The molecule has 2 amide bonds. The monoisotopic (exact) mass is 376 g/mol. The van der Waals surface area contributed by atoms with E-state index in [1.807, 2.05) is 45.0 Å². The molecule has 1 N–H and O–H groups in total. The van der Waals surface area contributed by atoms with Gasteiger partial charge in [0.05, 0.1) is 17.9 Å². The number of nitrogens with one attached hydrogen (secondary N) is 1. The molecule has 1 aliphatic heterocycles. The number of benzene rings is 1. The molecule has 0 aromatic heterocycles. The number of methoxy groups -OCH3 is 1. The maximum absolute atomic E-state index is 12.2. The first-order chi connectivity index (χ1) is 12.2. The van der Waals surface area contributed by atoms with Crippen molar-refractivity contribution < 1.29 is 19.1 Å². The van der Waals surface area contributed by atoms with Crippen LogP contribution in [0, 0.1) is 5.41 Å². The van der Waals surface area contributed by atoms with E-state index in [1.54, 1.807) is 7.11 Å². The largest absolute Gasteiger partial charge is 0.497 e.